The van der Waals surface area contributed by atoms with Gasteiger partial charge in [0.2, 0.25) is 5.78 Å². The highest BCUT2D eigenvalue weighted by molar-refractivity contribution is 9.10. The Bertz CT molecular complexity index is 912. The van der Waals surface area contributed by atoms with E-state index in [2.05, 4.69) is 25.9 Å². The van der Waals surface area contributed by atoms with Crippen LogP contribution in [0, 0.1) is 0 Å². The van der Waals surface area contributed by atoms with Gasteiger partial charge in [0.25, 0.3) is 5.78 Å². The Morgan fingerprint density at radius 1 is 1.00 bits per heavy atom. The topological polar surface area (TPSA) is 59.9 Å². The molecule has 0 N–H and O–H groups in total. The third-order valence-corrected chi connectivity index (χ3v) is 3.70. The summed E-state index contributed by atoms with van der Waals surface area (Å²) in [6, 6.07) is 11.2. The SMILES string of the molecule is O=C(C(=O)c1ccc2ncc(Br)cc2n1)c1cccc(Cl)c1. The summed E-state index contributed by atoms with van der Waals surface area (Å²) < 4.78 is 0.748. The van der Waals surface area contributed by atoms with Crippen molar-refractivity contribution >= 4 is 50.1 Å². The van der Waals surface area contributed by atoms with Crippen LogP contribution in [0.5, 0.6) is 0 Å². The van der Waals surface area contributed by atoms with Gasteiger partial charge in [-0.15, -0.1) is 0 Å². The molecule has 6 heteroatoms. The number of fused-ring (bicyclic) bond motifs is 1. The molecule has 1 aromatic carbocycles. The Hall–Kier alpha value is -2.11. The number of hydrogen-bond donors (Lipinski definition) is 0. The molecule has 0 aliphatic heterocycles. The van der Waals surface area contributed by atoms with Crippen LogP contribution in [0.1, 0.15) is 20.8 Å². The first-order chi connectivity index (χ1) is 10.5. The summed E-state index contributed by atoms with van der Waals surface area (Å²) in [5, 5.41) is 0.401. The maximum atomic E-state index is 12.3. The van der Waals surface area contributed by atoms with Crippen molar-refractivity contribution in [3.8, 4) is 0 Å². The van der Waals surface area contributed by atoms with E-state index in [4.69, 9.17) is 11.6 Å². The Balaban J connectivity index is 1.99. The van der Waals surface area contributed by atoms with Crippen LogP contribution in [0.2, 0.25) is 5.02 Å². The van der Waals surface area contributed by atoms with Crippen molar-refractivity contribution in [2.24, 2.45) is 0 Å². The number of halogens is 2. The van der Waals surface area contributed by atoms with E-state index in [1.807, 2.05) is 0 Å². The fraction of sp³-hybridized carbons (Fsp3) is 0. The first-order valence-corrected chi connectivity index (χ1v) is 7.48. The number of pyridine rings is 2. The average molecular weight is 376 g/mol. The Morgan fingerprint density at radius 2 is 1.82 bits per heavy atom. The normalized spacial score (nSPS) is 10.6. The molecule has 0 aliphatic rings. The second-order valence-electron chi connectivity index (χ2n) is 4.56. The monoisotopic (exact) mass is 374 g/mol. The maximum absolute atomic E-state index is 12.3. The first kappa shape index (κ1) is 14.8. The van der Waals surface area contributed by atoms with Crippen LogP contribution in [-0.4, -0.2) is 21.5 Å². The fourth-order valence-corrected chi connectivity index (χ4v) is 2.50. The Kier molecular flexibility index (Phi) is 4.00. The van der Waals surface area contributed by atoms with Gasteiger partial charge in [0.05, 0.1) is 11.0 Å². The van der Waals surface area contributed by atoms with Crippen LogP contribution in [0.25, 0.3) is 11.0 Å². The van der Waals surface area contributed by atoms with Crippen molar-refractivity contribution < 1.29 is 9.59 Å². The maximum Gasteiger partial charge on any atom is 0.251 e. The minimum Gasteiger partial charge on any atom is -0.285 e. The molecule has 0 saturated carbocycles. The van der Waals surface area contributed by atoms with Crippen LogP contribution in [-0.2, 0) is 0 Å². The molecule has 108 valence electrons. The van der Waals surface area contributed by atoms with E-state index in [0.717, 1.165) is 4.47 Å². The average Bonchev–Trinajstić information content (AvgIpc) is 2.52. The number of aromatic nitrogens is 2. The predicted molar refractivity (Wildman–Crippen MR) is 87.4 cm³/mol. The van der Waals surface area contributed by atoms with Crippen molar-refractivity contribution in [3.63, 3.8) is 0 Å². The molecule has 0 spiro atoms. The van der Waals surface area contributed by atoms with Gasteiger partial charge >= 0.3 is 0 Å². The van der Waals surface area contributed by atoms with Gasteiger partial charge in [0.15, 0.2) is 0 Å². The molecule has 0 atom stereocenters. The lowest BCUT2D eigenvalue weighted by molar-refractivity contribution is 0.0814. The largest absolute Gasteiger partial charge is 0.285 e. The second-order valence-corrected chi connectivity index (χ2v) is 5.91. The molecule has 0 bridgehead atoms. The summed E-state index contributed by atoms with van der Waals surface area (Å²) in [6.45, 7) is 0. The third-order valence-electron chi connectivity index (χ3n) is 3.03. The van der Waals surface area contributed by atoms with Gasteiger partial charge in [-0.2, -0.15) is 0 Å². The molecule has 0 fully saturated rings. The van der Waals surface area contributed by atoms with Gasteiger partial charge in [0.1, 0.15) is 5.69 Å². The summed E-state index contributed by atoms with van der Waals surface area (Å²) in [5.41, 5.74) is 1.51. The lowest BCUT2D eigenvalue weighted by atomic mass is 10.0. The highest BCUT2D eigenvalue weighted by atomic mass is 79.9. The van der Waals surface area contributed by atoms with Crippen molar-refractivity contribution in [2.45, 2.75) is 0 Å². The third kappa shape index (κ3) is 2.91. The minimum absolute atomic E-state index is 0.0809. The Labute approximate surface area is 139 Å². The molecule has 0 radical (unpaired) electrons. The van der Waals surface area contributed by atoms with E-state index in [-0.39, 0.29) is 11.3 Å². The molecule has 22 heavy (non-hydrogen) atoms. The van der Waals surface area contributed by atoms with Crippen molar-refractivity contribution in [1.29, 1.82) is 0 Å². The zero-order valence-electron chi connectivity index (χ0n) is 11.1. The summed E-state index contributed by atoms with van der Waals surface area (Å²) >= 11 is 9.14. The van der Waals surface area contributed by atoms with E-state index in [0.29, 0.717) is 16.1 Å². The number of benzene rings is 1. The first-order valence-electron chi connectivity index (χ1n) is 6.31. The summed E-state index contributed by atoms with van der Waals surface area (Å²) in [4.78, 5) is 32.9. The second kappa shape index (κ2) is 5.94. The van der Waals surface area contributed by atoms with Crippen LogP contribution >= 0.6 is 27.5 Å². The lowest BCUT2D eigenvalue weighted by Gasteiger charge is -2.03. The summed E-state index contributed by atoms with van der Waals surface area (Å²) in [6.07, 6.45) is 1.64. The fourth-order valence-electron chi connectivity index (χ4n) is 1.99. The molecular formula is C16H8BrClN2O2. The number of ketones is 2. The molecule has 3 rings (SSSR count). The van der Waals surface area contributed by atoms with Crippen LogP contribution < -0.4 is 0 Å². The number of nitrogens with zero attached hydrogens (tertiary/aromatic N) is 2. The molecule has 3 aromatic rings. The van der Waals surface area contributed by atoms with E-state index in [9.17, 15) is 9.59 Å². The van der Waals surface area contributed by atoms with Gasteiger partial charge < -0.3 is 0 Å². The quantitative estimate of drug-likeness (QED) is 0.510. The summed E-state index contributed by atoms with van der Waals surface area (Å²) in [7, 11) is 0. The lowest BCUT2D eigenvalue weighted by Crippen LogP contribution is -2.16. The Morgan fingerprint density at radius 3 is 2.59 bits per heavy atom. The number of carbonyl (C=O) groups excluding carboxylic acids is 2. The van der Waals surface area contributed by atoms with E-state index in [1.165, 1.54) is 12.1 Å². The standard InChI is InChI=1S/C16H8BrClN2O2/c17-10-7-14-12(19-8-10)4-5-13(20-14)16(22)15(21)9-2-1-3-11(18)6-9/h1-8H. The van der Waals surface area contributed by atoms with E-state index in [1.54, 1.807) is 36.5 Å². The van der Waals surface area contributed by atoms with Gasteiger partial charge in [-0.1, -0.05) is 23.7 Å². The number of Topliss-reactive ketones (excluding diaryl/α,β-unsaturated/α-hetero) is 2. The molecular weight excluding hydrogens is 368 g/mol. The van der Waals surface area contributed by atoms with Gasteiger partial charge in [0, 0.05) is 21.3 Å². The van der Waals surface area contributed by atoms with Gasteiger partial charge in [-0.25, -0.2) is 4.98 Å². The molecule has 0 unspecified atom stereocenters. The molecule has 0 saturated heterocycles. The molecule has 0 aliphatic carbocycles. The highest BCUT2D eigenvalue weighted by Gasteiger charge is 2.20. The van der Waals surface area contributed by atoms with Crippen molar-refractivity contribution in [1.82, 2.24) is 9.97 Å². The predicted octanol–water partition coefficient (Wildman–Crippen LogP) is 4.11. The van der Waals surface area contributed by atoms with Crippen LogP contribution in [0.4, 0.5) is 0 Å². The van der Waals surface area contributed by atoms with Crippen molar-refractivity contribution in [2.75, 3.05) is 0 Å². The zero-order valence-corrected chi connectivity index (χ0v) is 13.4. The van der Waals surface area contributed by atoms with Gasteiger partial charge in [-0.05, 0) is 46.3 Å². The minimum atomic E-state index is -0.677. The van der Waals surface area contributed by atoms with Crippen LogP contribution in [0.3, 0.4) is 0 Å². The zero-order chi connectivity index (χ0) is 15.7. The number of hydrogen-bond acceptors (Lipinski definition) is 4. The number of carbonyl (C=O) groups is 2. The van der Waals surface area contributed by atoms with Crippen LogP contribution in [0.15, 0.2) is 53.1 Å². The number of rotatable bonds is 3. The molecule has 2 aromatic heterocycles. The smallest absolute Gasteiger partial charge is 0.251 e. The molecule has 2 heterocycles. The highest BCUT2D eigenvalue weighted by Crippen LogP contribution is 2.17. The van der Waals surface area contributed by atoms with Crippen molar-refractivity contribution in [3.05, 3.63) is 69.4 Å². The van der Waals surface area contributed by atoms with E-state index >= 15 is 0 Å². The van der Waals surface area contributed by atoms with Gasteiger partial charge in [-0.3, -0.25) is 14.6 Å². The van der Waals surface area contributed by atoms with E-state index < -0.39 is 11.6 Å². The molecule has 0 amide bonds. The summed E-state index contributed by atoms with van der Waals surface area (Å²) in [5.74, 6) is -1.32. The molecule has 4 nitrogen and oxygen atoms in total.